The lowest BCUT2D eigenvalue weighted by atomic mass is 9.98. The fraction of sp³-hybridized carbons (Fsp3) is 0.316. The van der Waals surface area contributed by atoms with Gasteiger partial charge in [0.05, 0.1) is 16.8 Å². The molecule has 0 N–H and O–H groups in total. The number of allylic oxidation sites excluding steroid dienone is 2. The molecular weight excluding hydrogens is 352 g/mol. The number of nitrogens with zero attached hydrogens (tertiary/aromatic N) is 4. The summed E-state index contributed by atoms with van der Waals surface area (Å²) in [6.07, 6.45) is 6.50. The van der Waals surface area contributed by atoms with Crippen molar-refractivity contribution < 1.29 is 0 Å². The minimum absolute atomic E-state index is 0.152. The van der Waals surface area contributed by atoms with Crippen molar-refractivity contribution in [3.05, 3.63) is 59.0 Å². The van der Waals surface area contributed by atoms with Crippen LogP contribution in [0, 0.1) is 0 Å². The number of hydrogen-bond acceptors (Lipinski definition) is 5. The Hall–Kier alpha value is -1.85. The Morgan fingerprint density at radius 2 is 2.08 bits per heavy atom. The molecule has 6 heteroatoms. The van der Waals surface area contributed by atoms with Gasteiger partial charge < -0.3 is 4.90 Å². The summed E-state index contributed by atoms with van der Waals surface area (Å²) in [5.41, 5.74) is 4.90. The van der Waals surface area contributed by atoms with Crippen molar-refractivity contribution >= 4 is 34.8 Å². The Morgan fingerprint density at radius 3 is 2.76 bits per heavy atom. The van der Waals surface area contributed by atoms with E-state index < -0.39 is 0 Å². The first-order valence-corrected chi connectivity index (χ1v) is 9.69. The lowest BCUT2D eigenvalue weighted by Crippen LogP contribution is -2.35. The smallest absolute Gasteiger partial charge is 0.187 e. The average Bonchev–Trinajstić information content (AvgIpc) is 2.61. The molecule has 1 unspecified atom stereocenters. The largest absolute Gasteiger partial charge is 0.349 e. The number of fused-ring (bicyclic) bond motifs is 1. The first kappa shape index (κ1) is 18.0. The van der Waals surface area contributed by atoms with Crippen LogP contribution >= 0.6 is 23.4 Å². The van der Waals surface area contributed by atoms with Crippen molar-refractivity contribution in [1.82, 2.24) is 15.0 Å². The lowest BCUT2D eigenvalue weighted by molar-refractivity contribution is 0.593. The van der Waals surface area contributed by atoms with E-state index in [0.717, 1.165) is 51.9 Å². The van der Waals surface area contributed by atoms with Gasteiger partial charge in [-0.1, -0.05) is 42.1 Å². The number of aromatic nitrogens is 3. The summed E-state index contributed by atoms with van der Waals surface area (Å²) in [6, 6.07) is 2.15. The van der Waals surface area contributed by atoms with Crippen LogP contribution in [0.15, 0.2) is 42.3 Å². The van der Waals surface area contributed by atoms with E-state index in [2.05, 4.69) is 39.9 Å². The highest BCUT2D eigenvalue weighted by Crippen LogP contribution is 2.35. The molecule has 0 saturated carbocycles. The molecule has 3 heterocycles. The van der Waals surface area contributed by atoms with Crippen molar-refractivity contribution in [1.29, 1.82) is 0 Å². The number of hydrogen-bond donors (Lipinski definition) is 0. The summed E-state index contributed by atoms with van der Waals surface area (Å²) in [5.74, 6) is 0.883. The van der Waals surface area contributed by atoms with Crippen molar-refractivity contribution in [2.24, 2.45) is 0 Å². The molecule has 1 aliphatic rings. The molecule has 3 rings (SSSR count). The van der Waals surface area contributed by atoms with Gasteiger partial charge in [-0.3, -0.25) is 0 Å². The summed E-state index contributed by atoms with van der Waals surface area (Å²) >= 11 is 7.89. The molecule has 2 aromatic heterocycles. The highest BCUT2D eigenvalue weighted by molar-refractivity contribution is 7.98. The van der Waals surface area contributed by atoms with Gasteiger partial charge in [0.2, 0.25) is 0 Å². The maximum Gasteiger partial charge on any atom is 0.187 e. The van der Waals surface area contributed by atoms with Gasteiger partial charge in [0.1, 0.15) is 5.82 Å². The normalized spacial score (nSPS) is 16.5. The Morgan fingerprint density at radius 1 is 1.32 bits per heavy atom. The van der Waals surface area contributed by atoms with Crippen molar-refractivity contribution in [2.75, 3.05) is 17.7 Å². The number of thioether (sulfide) groups is 1. The van der Waals surface area contributed by atoms with Gasteiger partial charge in [-0.2, -0.15) is 0 Å². The maximum atomic E-state index is 6.32. The van der Waals surface area contributed by atoms with Gasteiger partial charge in [-0.25, -0.2) is 15.0 Å². The third-order valence-corrected chi connectivity index (χ3v) is 5.41. The number of rotatable bonds is 4. The molecule has 0 aromatic carbocycles. The summed E-state index contributed by atoms with van der Waals surface area (Å²) in [7, 11) is 0. The Labute approximate surface area is 158 Å². The van der Waals surface area contributed by atoms with Crippen LogP contribution in [0.2, 0.25) is 5.02 Å². The van der Waals surface area contributed by atoms with Crippen molar-refractivity contribution in [2.45, 2.75) is 31.5 Å². The quantitative estimate of drug-likeness (QED) is 0.431. The predicted molar refractivity (Wildman–Crippen MR) is 106 cm³/mol. The van der Waals surface area contributed by atoms with E-state index in [0.29, 0.717) is 5.02 Å². The molecule has 0 aliphatic carbocycles. The zero-order valence-electron chi connectivity index (χ0n) is 14.7. The highest BCUT2D eigenvalue weighted by atomic mass is 35.5. The molecular formula is C19H21ClN4S. The summed E-state index contributed by atoms with van der Waals surface area (Å²) in [4.78, 5) is 15.9. The fourth-order valence-corrected chi connectivity index (χ4v) is 3.58. The SMILES string of the molecule is C=C(C)C(=C)c1cc(N2CCc3nc(SC)ncc3C2C)ncc1Cl. The van der Waals surface area contributed by atoms with Crippen molar-refractivity contribution in [3.63, 3.8) is 0 Å². The number of anilines is 1. The third kappa shape index (κ3) is 3.44. The van der Waals surface area contributed by atoms with Crippen LogP contribution in [-0.4, -0.2) is 27.8 Å². The molecule has 2 aromatic rings. The standard InChI is InChI=1S/C19H21ClN4S/c1-11(2)12(3)14-8-18(21-10-16(14)20)24-7-6-17-15(13(24)4)9-22-19(23-17)25-5/h8-10,13H,1,3,6-7H2,2,4-5H3. The topological polar surface area (TPSA) is 41.9 Å². The van der Waals surface area contributed by atoms with E-state index in [1.54, 1.807) is 18.0 Å². The molecule has 1 atom stereocenters. The molecule has 0 spiro atoms. The molecule has 4 nitrogen and oxygen atoms in total. The predicted octanol–water partition coefficient (Wildman–Crippen LogP) is 4.96. The molecule has 0 saturated heterocycles. The van der Waals surface area contributed by atoms with E-state index in [1.165, 1.54) is 0 Å². The zero-order valence-corrected chi connectivity index (χ0v) is 16.3. The average molecular weight is 373 g/mol. The van der Waals surface area contributed by atoms with Gasteiger partial charge in [0.15, 0.2) is 5.16 Å². The molecule has 0 bridgehead atoms. The Bertz CT molecular complexity index is 849. The van der Waals surface area contributed by atoms with Crippen molar-refractivity contribution in [3.8, 4) is 0 Å². The van der Waals surface area contributed by atoms with Crippen LogP contribution in [0.1, 0.15) is 36.7 Å². The van der Waals surface area contributed by atoms with E-state index in [1.807, 2.05) is 25.4 Å². The summed E-state index contributed by atoms with van der Waals surface area (Å²) < 4.78 is 0. The van der Waals surface area contributed by atoms with Gasteiger partial charge in [-0.15, -0.1) is 0 Å². The molecule has 1 aliphatic heterocycles. The maximum absolute atomic E-state index is 6.32. The number of halogens is 1. The minimum Gasteiger partial charge on any atom is -0.349 e. The van der Waals surface area contributed by atoms with Crippen LogP contribution in [0.4, 0.5) is 5.82 Å². The van der Waals surface area contributed by atoms with Crippen LogP contribution in [-0.2, 0) is 6.42 Å². The molecule has 0 fully saturated rings. The molecule has 130 valence electrons. The summed E-state index contributed by atoms with van der Waals surface area (Å²) in [6.45, 7) is 13.0. The molecule has 0 amide bonds. The first-order chi connectivity index (χ1) is 11.9. The van der Waals surface area contributed by atoms with E-state index >= 15 is 0 Å². The number of pyridine rings is 1. The highest BCUT2D eigenvalue weighted by Gasteiger charge is 2.27. The summed E-state index contributed by atoms with van der Waals surface area (Å²) in [5, 5.41) is 1.42. The third-order valence-electron chi connectivity index (χ3n) is 4.54. The second kappa shape index (κ2) is 7.18. The van der Waals surface area contributed by atoms with Gasteiger partial charge in [0, 0.05) is 36.5 Å². The molecule has 0 radical (unpaired) electrons. The second-order valence-corrected chi connectivity index (χ2v) is 7.34. The van der Waals surface area contributed by atoms with Crippen LogP contribution in [0.3, 0.4) is 0 Å². The van der Waals surface area contributed by atoms with Crippen LogP contribution < -0.4 is 4.90 Å². The van der Waals surface area contributed by atoms with Gasteiger partial charge in [-0.05, 0) is 31.7 Å². The fourth-order valence-electron chi connectivity index (χ4n) is 3.00. The van der Waals surface area contributed by atoms with E-state index in [9.17, 15) is 0 Å². The Kier molecular flexibility index (Phi) is 5.16. The van der Waals surface area contributed by atoms with Crippen LogP contribution in [0.25, 0.3) is 5.57 Å². The van der Waals surface area contributed by atoms with E-state index in [4.69, 9.17) is 11.6 Å². The van der Waals surface area contributed by atoms with E-state index in [-0.39, 0.29) is 6.04 Å². The van der Waals surface area contributed by atoms with Gasteiger partial charge >= 0.3 is 0 Å². The minimum atomic E-state index is 0.152. The first-order valence-electron chi connectivity index (χ1n) is 8.09. The monoisotopic (exact) mass is 372 g/mol. The lowest BCUT2D eigenvalue weighted by Gasteiger charge is -2.35. The second-order valence-electron chi connectivity index (χ2n) is 6.16. The van der Waals surface area contributed by atoms with Gasteiger partial charge in [0.25, 0.3) is 0 Å². The molecule has 25 heavy (non-hydrogen) atoms. The zero-order chi connectivity index (χ0) is 18.1. The Balaban J connectivity index is 1.96. The van der Waals surface area contributed by atoms with Crippen LogP contribution in [0.5, 0.6) is 0 Å².